The molecule has 0 saturated heterocycles. The third kappa shape index (κ3) is 4.22. The molecule has 1 amide bonds. The van der Waals surface area contributed by atoms with Crippen molar-refractivity contribution in [3.63, 3.8) is 0 Å². The number of ether oxygens (including phenoxy) is 2. The average Bonchev–Trinajstić information content (AvgIpc) is 3.43. The highest BCUT2D eigenvalue weighted by Crippen LogP contribution is 2.51. The maximum Gasteiger partial charge on any atom is 0.236 e. The topological polar surface area (TPSA) is 97.8 Å². The first kappa shape index (κ1) is 23.9. The van der Waals surface area contributed by atoms with Gasteiger partial charge in [-0.2, -0.15) is 0 Å². The number of anilines is 1. The molecule has 3 aromatic carbocycles. The van der Waals surface area contributed by atoms with Crippen LogP contribution in [0.2, 0.25) is 0 Å². The monoisotopic (exact) mass is 524 g/mol. The van der Waals surface area contributed by atoms with E-state index in [9.17, 15) is 14.7 Å². The lowest BCUT2D eigenvalue weighted by atomic mass is 9.94. The largest absolute Gasteiger partial charge is 0.508 e. The lowest BCUT2D eigenvalue weighted by molar-refractivity contribution is -0.118. The molecule has 8 heteroatoms. The number of nitrogens with one attached hydrogen (secondary N) is 1. The van der Waals surface area contributed by atoms with Crippen LogP contribution < -0.4 is 14.8 Å². The van der Waals surface area contributed by atoms with E-state index in [1.165, 1.54) is 6.07 Å². The summed E-state index contributed by atoms with van der Waals surface area (Å²) in [5, 5.41) is 13.5. The van der Waals surface area contributed by atoms with Crippen molar-refractivity contribution in [3.8, 4) is 28.5 Å². The molecule has 6 rings (SSSR count). The molecule has 1 fully saturated rings. The zero-order valence-electron chi connectivity index (χ0n) is 20.4. The van der Waals surface area contributed by atoms with Crippen LogP contribution in [0.5, 0.6) is 17.2 Å². The fourth-order valence-electron chi connectivity index (χ4n) is 4.68. The molecule has 0 atom stereocenters. The molecule has 2 aliphatic rings. The van der Waals surface area contributed by atoms with Crippen molar-refractivity contribution in [2.75, 3.05) is 12.1 Å². The highest BCUT2D eigenvalue weighted by molar-refractivity contribution is 7.18. The summed E-state index contributed by atoms with van der Waals surface area (Å²) in [7, 11) is 0. The minimum atomic E-state index is -0.666. The van der Waals surface area contributed by atoms with Crippen LogP contribution in [0.25, 0.3) is 11.3 Å². The van der Waals surface area contributed by atoms with Gasteiger partial charge in [0, 0.05) is 11.1 Å². The Labute approximate surface area is 223 Å². The quantitative estimate of drug-likeness (QED) is 0.221. The SMILES string of the molecule is C=CCc1cc(C(=O)c2sc(NC(=O)C3(c4ccc5c(c4)OCO5)CC3)nc2-c2ccccc2)ccc1O. The number of allylic oxidation sites excluding steroid dienone is 1. The summed E-state index contributed by atoms with van der Waals surface area (Å²) in [5.41, 5.74) is 2.52. The Morgan fingerprint density at radius 2 is 1.84 bits per heavy atom. The molecular weight excluding hydrogens is 500 g/mol. The molecule has 7 nitrogen and oxygen atoms in total. The average molecular weight is 525 g/mol. The molecule has 1 saturated carbocycles. The van der Waals surface area contributed by atoms with Gasteiger partial charge in [-0.3, -0.25) is 9.59 Å². The second kappa shape index (κ2) is 9.46. The Kier molecular flexibility index (Phi) is 5.96. The van der Waals surface area contributed by atoms with E-state index in [2.05, 4.69) is 11.9 Å². The Bertz CT molecular complexity index is 1570. The lowest BCUT2D eigenvalue weighted by Crippen LogP contribution is -2.27. The second-order valence-corrected chi connectivity index (χ2v) is 10.3. The zero-order chi connectivity index (χ0) is 26.3. The predicted octanol–water partition coefficient (Wildman–Crippen LogP) is 5.87. The predicted molar refractivity (Wildman–Crippen MR) is 145 cm³/mol. The number of amides is 1. The molecule has 1 aliphatic carbocycles. The van der Waals surface area contributed by atoms with Gasteiger partial charge in [-0.25, -0.2) is 4.98 Å². The smallest absolute Gasteiger partial charge is 0.236 e. The summed E-state index contributed by atoms with van der Waals surface area (Å²) in [6, 6.07) is 19.8. The number of carbonyl (C=O) groups excluding carboxylic acids is 2. The number of rotatable bonds is 8. The third-order valence-corrected chi connectivity index (χ3v) is 7.89. The van der Waals surface area contributed by atoms with E-state index in [1.54, 1.807) is 18.2 Å². The molecule has 0 unspecified atom stereocenters. The number of hydrogen-bond acceptors (Lipinski definition) is 7. The van der Waals surface area contributed by atoms with Crippen LogP contribution in [0.3, 0.4) is 0 Å². The standard InChI is InChI=1S/C30H24N2O5S/c1-2-6-19-15-20(9-11-22(19)33)26(34)27-25(18-7-4-3-5-8-18)31-29(38-27)32-28(35)30(13-14-30)21-10-12-23-24(16-21)37-17-36-23/h2-5,7-12,15-16,33H,1,6,13-14,17H2,(H,31,32,35). The highest BCUT2D eigenvalue weighted by Gasteiger charge is 2.52. The summed E-state index contributed by atoms with van der Waals surface area (Å²) in [5.74, 6) is 1.02. The number of thiazole rings is 1. The molecule has 1 aromatic heterocycles. The van der Waals surface area contributed by atoms with Gasteiger partial charge in [-0.15, -0.1) is 6.58 Å². The molecule has 4 aromatic rings. The number of phenols is 1. The van der Waals surface area contributed by atoms with Crippen LogP contribution in [0.15, 0.2) is 79.4 Å². The normalized spacial score (nSPS) is 14.6. The number of nitrogens with zero attached hydrogens (tertiary/aromatic N) is 1. The number of ketones is 1. The molecule has 38 heavy (non-hydrogen) atoms. The molecule has 2 heterocycles. The van der Waals surface area contributed by atoms with Crippen molar-refractivity contribution in [2.45, 2.75) is 24.7 Å². The van der Waals surface area contributed by atoms with Crippen molar-refractivity contribution in [3.05, 3.63) is 101 Å². The first-order valence-electron chi connectivity index (χ1n) is 12.2. The molecule has 0 bridgehead atoms. The van der Waals surface area contributed by atoms with Crippen LogP contribution in [0.4, 0.5) is 5.13 Å². The molecular formula is C30H24N2O5S. The highest BCUT2D eigenvalue weighted by atomic mass is 32.1. The summed E-state index contributed by atoms with van der Waals surface area (Å²) >= 11 is 1.15. The number of benzene rings is 3. The van der Waals surface area contributed by atoms with Gasteiger partial charge in [0.15, 0.2) is 16.6 Å². The van der Waals surface area contributed by atoms with Crippen molar-refractivity contribution < 1.29 is 24.2 Å². The zero-order valence-corrected chi connectivity index (χ0v) is 21.2. The van der Waals surface area contributed by atoms with Gasteiger partial charge in [0.2, 0.25) is 18.5 Å². The summed E-state index contributed by atoms with van der Waals surface area (Å²) in [6.07, 6.45) is 3.53. The van der Waals surface area contributed by atoms with Gasteiger partial charge < -0.3 is 19.9 Å². The minimum absolute atomic E-state index is 0.111. The summed E-state index contributed by atoms with van der Waals surface area (Å²) in [4.78, 5) is 32.3. The van der Waals surface area contributed by atoms with Gasteiger partial charge in [0.05, 0.1) is 11.1 Å². The molecule has 2 N–H and O–H groups in total. The summed E-state index contributed by atoms with van der Waals surface area (Å²) < 4.78 is 10.9. The van der Waals surface area contributed by atoms with Gasteiger partial charge in [0.1, 0.15) is 10.6 Å². The Morgan fingerprint density at radius 1 is 1.05 bits per heavy atom. The number of aromatic hydroxyl groups is 1. The van der Waals surface area contributed by atoms with Gasteiger partial charge >= 0.3 is 0 Å². The number of hydrogen-bond donors (Lipinski definition) is 2. The van der Waals surface area contributed by atoms with Crippen molar-refractivity contribution in [2.24, 2.45) is 0 Å². The second-order valence-electron chi connectivity index (χ2n) is 9.33. The van der Waals surface area contributed by atoms with E-state index < -0.39 is 5.41 Å². The first-order valence-corrected chi connectivity index (χ1v) is 13.1. The van der Waals surface area contributed by atoms with E-state index in [-0.39, 0.29) is 24.2 Å². The van der Waals surface area contributed by atoms with Crippen molar-refractivity contribution >= 4 is 28.2 Å². The Morgan fingerprint density at radius 3 is 2.61 bits per heavy atom. The minimum Gasteiger partial charge on any atom is -0.508 e. The molecule has 0 radical (unpaired) electrons. The van der Waals surface area contributed by atoms with Gasteiger partial charge in [0.25, 0.3) is 0 Å². The van der Waals surface area contributed by atoms with Gasteiger partial charge in [-0.1, -0.05) is 53.8 Å². The van der Waals surface area contributed by atoms with Crippen LogP contribution in [-0.4, -0.2) is 28.6 Å². The van der Waals surface area contributed by atoms with Gasteiger partial charge in [-0.05, 0) is 60.7 Å². The molecule has 190 valence electrons. The lowest BCUT2D eigenvalue weighted by Gasteiger charge is -2.15. The van der Waals surface area contributed by atoms with Crippen LogP contribution in [0.1, 0.15) is 39.2 Å². The fourth-order valence-corrected chi connectivity index (χ4v) is 5.62. The van der Waals surface area contributed by atoms with Crippen LogP contribution in [-0.2, 0) is 16.6 Å². The molecule has 1 aliphatic heterocycles. The fraction of sp³-hybridized carbons (Fsp3) is 0.167. The number of carbonyl (C=O) groups is 2. The summed E-state index contributed by atoms with van der Waals surface area (Å²) in [6.45, 7) is 3.89. The first-order chi connectivity index (χ1) is 18.5. The van der Waals surface area contributed by atoms with Crippen molar-refractivity contribution in [1.29, 1.82) is 0 Å². The molecule has 0 spiro atoms. The van der Waals surface area contributed by atoms with E-state index in [0.717, 1.165) is 22.5 Å². The number of phenolic OH excluding ortho intramolecular Hbond substituents is 1. The van der Waals surface area contributed by atoms with E-state index >= 15 is 0 Å². The number of aromatic nitrogens is 1. The Hall–Kier alpha value is -4.43. The van der Waals surface area contributed by atoms with Crippen molar-refractivity contribution in [1.82, 2.24) is 4.98 Å². The maximum absolute atomic E-state index is 13.7. The van der Waals surface area contributed by atoms with E-state index in [0.29, 0.717) is 57.6 Å². The maximum atomic E-state index is 13.7. The van der Waals surface area contributed by atoms with E-state index in [1.807, 2.05) is 48.5 Å². The van der Waals surface area contributed by atoms with Crippen LogP contribution >= 0.6 is 11.3 Å². The van der Waals surface area contributed by atoms with E-state index in [4.69, 9.17) is 14.5 Å². The third-order valence-electron chi connectivity index (χ3n) is 6.92. The number of fused-ring (bicyclic) bond motifs is 1. The van der Waals surface area contributed by atoms with Crippen LogP contribution in [0, 0.1) is 0 Å². The Balaban J connectivity index is 1.33.